The number of nitrogens with two attached hydrogens (primary N) is 1. The number of nitrogens with one attached hydrogen (secondary N) is 1. The molecule has 9 heteroatoms. The van der Waals surface area contributed by atoms with E-state index in [4.69, 9.17) is 25.2 Å². The lowest BCUT2D eigenvalue weighted by molar-refractivity contribution is 0.0788. The number of nitrogens with zero attached hydrogens (tertiary/aromatic N) is 3. The van der Waals surface area contributed by atoms with Gasteiger partial charge in [-0.25, -0.2) is 4.79 Å². The van der Waals surface area contributed by atoms with Crippen LogP contribution in [-0.4, -0.2) is 48.0 Å². The predicted molar refractivity (Wildman–Crippen MR) is 114 cm³/mol. The second-order valence-electron chi connectivity index (χ2n) is 8.71. The highest BCUT2D eigenvalue weighted by molar-refractivity contribution is 5.91. The molecule has 1 amide bonds. The number of phenols is 1. The summed E-state index contributed by atoms with van der Waals surface area (Å²) in [6.07, 6.45) is 3.23. The fraction of sp³-hybridized carbons (Fsp3) is 0.591. The summed E-state index contributed by atoms with van der Waals surface area (Å²) in [5.74, 6) is 0.195. The van der Waals surface area contributed by atoms with E-state index in [2.05, 4.69) is 9.88 Å². The summed E-state index contributed by atoms with van der Waals surface area (Å²) in [6, 6.07) is 0.338. The standard InChI is InChI=1S/C22H29N5O4/c1-10-16-17(26-13-7-5-4-6-12(13)25-16)15-11(9-31-22(23)29)18-21(30-3)14(24-2)8-27(18)19(15)20(10)28/h12-14,21,24,28H,4-9H2,1-3H3,(H2,23,29)/t12-,13-,14+,21-/m1/s1. The summed E-state index contributed by atoms with van der Waals surface area (Å²) in [6.45, 7) is 2.50. The molecule has 2 aromatic rings. The van der Waals surface area contributed by atoms with E-state index < -0.39 is 6.09 Å². The fourth-order valence-corrected chi connectivity index (χ4v) is 5.59. The number of hydrogen-bond donors (Lipinski definition) is 3. The number of rotatable bonds is 4. The first-order valence-corrected chi connectivity index (χ1v) is 10.9. The van der Waals surface area contributed by atoms with Crippen LogP contribution in [0.2, 0.25) is 0 Å². The van der Waals surface area contributed by atoms with Gasteiger partial charge in [0.1, 0.15) is 18.5 Å². The van der Waals surface area contributed by atoms with Crippen molar-refractivity contribution < 1.29 is 19.4 Å². The Labute approximate surface area is 179 Å². The van der Waals surface area contributed by atoms with Gasteiger partial charge in [0, 0.05) is 30.2 Å². The third kappa shape index (κ3) is 2.94. The number of aromatic nitrogens is 1. The lowest BCUT2D eigenvalue weighted by Crippen LogP contribution is -2.42. The Kier molecular flexibility index (Phi) is 4.90. The average molecular weight is 428 g/mol. The van der Waals surface area contributed by atoms with Gasteiger partial charge in [0.05, 0.1) is 40.1 Å². The van der Waals surface area contributed by atoms with Gasteiger partial charge >= 0.3 is 6.09 Å². The topological polar surface area (TPSA) is 123 Å². The summed E-state index contributed by atoms with van der Waals surface area (Å²) < 4.78 is 13.1. The van der Waals surface area contributed by atoms with E-state index in [1.54, 1.807) is 7.11 Å². The number of ether oxygens (including phenoxy) is 2. The van der Waals surface area contributed by atoms with E-state index in [1.807, 2.05) is 14.0 Å². The highest BCUT2D eigenvalue weighted by Crippen LogP contribution is 2.41. The first-order chi connectivity index (χ1) is 15.0. The molecule has 3 aliphatic rings. The third-order valence-electron chi connectivity index (χ3n) is 7.09. The number of likely N-dealkylation sites (N-methyl/N-ethyl adjacent to an activating group) is 1. The molecule has 9 nitrogen and oxygen atoms in total. The van der Waals surface area contributed by atoms with Crippen molar-refractivity contribution in [3.8, 4) is 5.75 Å². The molecule has 1 aromatic heterocycles. The van der Waals surface area contributed by atoms with Gasteiger partial charge in [0.25, 0.3) is 0 Å². The number of amides is 1. The molecule has 166 valence electrons. The van der Waals surface area contributed by atoms with Crippen LogP contribution >= 0.6 is 0 Å². The zero-order chi connectivity index (χ0) is 21.9. The molecule has 0 radical (unpaired) electrons. The maximum atomic E-state index is 11.5. The predicted octanol–water partition coefficient (Wildman–Crippen LogP) is 1.10. The summed E-state index contributed by atoms with van der Waals surface area (Å²) in [5.41, 5.74) is 8.38. The highest BCUT2D eigenvalue weighted by Gasteiger charge is 2.39. The summed E-state index contributed by atoms with van der Waals surface area (Å²) in [7, 11) is 3.54. The number of hydrogen-bond acceptors (Lipinski definition) is 7. The molecular weight excluding hydrogens is 398 g/mol. The first kappa shape index (κ1) is 20.3. The molecule has 1 saturated carbocycles. The minimum atomic E-state index is -0.843. The van der Waals surface area contributed by atoms with Crippen molar-refractivity contribution in [3.63, 3.8) is 0 Å². The number of fused-ring (bicyclic) bond motifs is 6. The first-order valence-electron chi connectivity index (χ1n) is 10.9. The number of methoxy groups -OCH3 is 1. The molecule has 1 aliphatic carbocycles. The molecule has 0 spiro atoms. The van der Waals surface area contributed by atoms with E-state index >= 15 is 0 Å². The van der Waals surface area contributed by atoms with Gasteiger partial charge in [-0.3, -0.25) is 9.98 Å². The quantitative estimate of drug-likeness (QED) is 0.674. The maximum Gasteiger partial charge on any atom is 0.404 e. The van der Waals surface area contributed by atoms with E-state index in [1.165, 1.54) is 0 Å². The van der Waals surface area contributed by atoms with Crippen molar-refractivity contribution in [1.82, 2.24) is 9.88 Å². The molecule has 3 heterocycles. The SMILES string of the molecule is CN[C@H]1Cn2c(c(COC(N)=O)c3c4c(c(C)c(O)c32)=N[C@@H]2CCCC[C@H]2N=4)[C@@H]1OC. The Balaban J connectivity index is 1.86. The molecule has 4 N–H and O–H groups in total. The van der Waals surface area contributed by atoms with Crippen LogP contribution in [0.4, 0.5) is 4.79 Å². The van der Waals surface area contributed by atoms with Crippen molar-refractivity contribution in [3.05, 3.63) is 27.5 Å². The van der Waals surface area contributed by atoms with Crippen LogP contribution < -0.4 is 21.8 Å². The number of carbonyl (C=O) groups excluding carboxylic acids is 1. The molecule has 4 atom stereocenters. The van der Waals surface area contributed by atoms with Gasteiger partial charge in [-0.05, 0) is 26.8 Å². The number of aromatic hydroxyl groups is 1. The Morgan fingerprint density at radius 3 is 2.55 bits per heavy atom. The second kappa shape index (κ2) is 7.49. The van der Waals surface area contributed by atoms with Crippen molar-refractivity contribution in [2.45, 2.75) is 70.0 Å². The molecule has 5 rings (SSSR count). The van der Waals surface area contributed by atoms with Gasteiger partial charge in [0.15, 0.2) is 0 Å². The zero-order valence-electron chi connectivity index (χ0n) is 18.1. The molecule has 1 aromatic carbocycles. The van der Waals surface area contributed by atoms with E-state index in [-0.39, 0.29) is 36.6 Å². The lowest BCUT2D eigenvalue weighted by atomic mass is 9.89. The van der Waals surface area contributed by atoms with E-state index in [0.717, 1.165) is 58.6 Å². The Bertz CT molecular complexity index is 1190. The van der Waals surface area contributed by atoms with Gasteiger partial charge in [-0.1, -0.05) is 12.8 Å². The van der Waals surface area contributed by atoms with Crippen LogP contribution in [0.1, 0.15) is 48.6 Å². The summed E-state index contributed by atoms with van der Waals surface area (Å²) in [4.78, 5) is 21.6. The van der Waals surface area contributed by atoms with Crippen molar-refractivity contribution in [2.75, 3.05) is 14.2 Å². The summed E-state index contributed by atoms with van der Waals surface area (Å²) >= 11 is 0. The van der Waals surface area contributed by atoms with E-state index in [9.17, 15) is 9.90 Å². The molecule has 1 fully saturated rings. The number of benzene rings is 1. The van der Waals surface area contributed by atoms with Gasteiger partial charge in [-0.2, -0.15) is 0 Å². The van der Waals surface area contributed by atoms with Crippen molar-refractivity contribution in [2.24, 2.45) is 15.7 Å². The zero-order valence-corrected chi connectivity index (χ0v) is 18.1. The smallest absolute Gasteiger partial charge is 0.404 e. The third-order valence-corrected chi connectivity index (χ3v) is 7.09. The average Bonchev–Trinajstić information content (AvgIpc) is 3.28. The van der Waals surface area contributed by atoms with Crippen LogP contribution in [0.5, 0.6) is 5.75 Å². The van der Waals surface area contributed by atoms with Gasteiger partial charge in [-0.15, -0.1) is 0 Å². The maximum absolute atomic E-state index is 11.5. The second-order valence-corrected chi connectivity index (χ2v) is 8.71. The van der Waals surface area contributed by atoms with Crippen molar-refractivity contribution in [1.29, 1.82) is 0 Å². The molecular formula is C22H29N5O4. The minimum absolute atomic E-state index is 0.0109. The normalized spacial score (nSPS) is 26.5. The van der Waals surface area contributed by atoms with Crippen LogP contribution in [0, 0.1) is 6.92 Å². The van der Waals surface area contributed by atoms with E-state index in [0.29, 0.717) is 12.1 Å². The monoisotopic (exact) mass is 427 g/mol. The molecule has 0 bridgehead atoms. The lowest BCUT2D eigenvalue weighted by Gasteiger charge is -2.28. The van der Waals surface area contributed by atoms with Crippen molar-refractivity contribution >= 4 is 17.0 Å². The summed E-state index contributed by atoms with van der Waals surface area (Å²) in [5, 5.41) is 16.9. The molecule has 0 saturated heterocycles. The number of primary amides is 1. The Morgan fingerprint density at radius 1 is 1.26 bits per heavy atom. The van der Waals surface area contributed by atoms with Crippen LogP contribution in [0.3, 0.4) is 0 Å². The van der Waals surface area contributed by atoms with Crippen LogP contribution in [-0.2, 0) is 22.6 Å². The fourth-order valence-electron chi connectivity index (χ4n) is 5.59. The minimum Gasteiger partial charge on any atom is -0.505 e. The van der Waals surface area contributed by atoms with Gasteiger partial charge in [0.2, 0.25) is 0 Å². The largest absolute Gasteiger partial charge is 0.505 e. The van der Waals surface area contributed by atoms with Crippen LogP contribution in [0.15, 0.2) is 9.98 Å². The Morgan fingerprint density at radius 2 is 1.94 bits per heavy atom. The van der Waals surface area contributed by atoms with Gasteiger partial charge < -0.3 is 30.2 Å². The molecule has 31 heavy (non-hydrogen) atoms. The Hall–Kier alpha value is -2.65. The number of phenolic OH excluding ortho intramolecular Hbond substituents is 1. The van der Waals surface area contributed by atoms with Crippen LogP contribution in [0.25, 0.3) is 10.9 Å². The molecule has 0 unspecified atom stereocenters. The molecule has 2 aliphatic heterocycles. The highest BCUT2D eigenvalue weighted by atomic mass is 16.5. The number of carbonyl (C=O) groups is 1.